The number of nitrogens with zero attached hydrogens (tertiary/aromatic N) is 1. The Kier molecular flexibility index (Phi) is 6.83. The topological polar surface area (TPSA) is 106 Å². The van der Waals surface area contributed by atoms with Crippen LogP contribution in [0.25, 0.3) is 0 Å². The van der Waals surface area contributed by atoms with Gasteiger partial charge in [-0.1, -0.05) is 12.1 Å². The minimum Gasteiger partial charge on any atom is -0.495 e. The van der Waals surface area contributed by atoms with E-state index >= 15 is 0 Å². The van der Waals surface area contributed by atoms with Gasteiger partial charge in [0.1, 0.15) is 16.7 Å². The van der Waals surface area contributed by atoms with E-state index < -0.39 is 16.1 Å². The molecule has 0 bridgehead atoms. The number of carbonyl (C=O) groups is 1. The van der Waals surface area contributed by atoms with E-state index in [9.17, 15) is 13.2 Å². The number of amides is 1. The standard InChI is InChI=1S/C22H27N3O6S/c1-29-19-6-3-2-5-17(19)24-32(27,28)21-15-16(23-22(26)20-7-4-12-31-20)8-9-18(21)25-10-13-30-14-11-25/h2-3,5-6,8-9,15,20,24H,4,7,10-14H2,1H3,(H,23,26)/t20-/m1/s1. The summed E-state index contributed by atoms with van der Waals surface area (Å²) in [7, 11) is -2.52. The molecule has 4 rings (SSSR count). The lowest BCUT2D eigenvalue weighted by molar-refractivity contribution is -0.124. The third-order valence-electron chi connectivity index (χ3n) is 5.44. The second-order valence-electron chi connectivity index (χ2n) is 7.58. The molecule has 2 aromatic rings. The van der Waals surface area contributed by atoms with Crippen molar-refractivity contribution in [3.63, 3.8) is 0 Å². The predicted molar refractivity (Wildman–Crippen MR) is 121 cm³/mol. The molecule has 32 heavy (non-hydrogen) atoms. The monoisotopic (exact) mass is 461 g/mol. The molecule has 0 spiro atoms. The van der Waals surface area contributed by atoms with Crippen LogP contribution in [0.4, 0.5) is 17.1 Å². The number of rotatable bonds is 7. The molecule has 0 saturated carbocycles. The summed E-state index contributed by atoms with van der Waals surface area (Å²) < 4.78 is 45.7. The number of carbonyl (C=O) groups excluding carboxylic acids is 1. The molecule has 1 amide bonds. The minimum atomic E-state index is -4.00. The van der Waals surface area contributed by atoms with Crippen LogP contribution in [0.15, 0.2) is 47.4 Å². The highest BCUT2D eigenvalue weighted by atomic mass is 32.2. The molecule has 0 radical (unpaired) electrons. The van der Waals surface area contributed by atoms with Crippen molar-refractivity contribution in [2.45, 2.75) is 23.8 Å². The molecular weight excluding hydrogens is 434 g/mol. The summed E-state index contributed by atoms with van der Waals surface area (Å²) in [6.07, 6.45) is 0.968. The smallest absolute Gasteiger partial charge is 0.264 e. The SMILES string of the molecule is COc1ccccc1NS(=O)(=O)c1cc(NC(=O)[C@H]2CCCO2)ccc1N1CCOCC1. The lowest BCUT2D eigenvalue weighted by Crippen LogP contribution is -2.37. The number of morpholine rings is 1. The Morgan fingerprint density at radius 3 is 2.62 bits per heavy atom. The summed E-state index contributed by atoms with van der Waals surface area (Å²) in [6, 6.07) is 11.7. The van der Waals surface area contributed by atoms with Crippen LogP contribution in [0.2, 0.25) is 0 Å². The number of anilines is 3. The molecule has 2 aliphatic heterocycles. The number of benzene rings is 2. The first-order chi connectivity index (χ1) is 15.5. The van der Waals surface area contributed by atoms with Crippen LogP contribution >= 0.6 is 0 Å². The molecule has 0 aromatic heterocycles. The maximum absolute atomic E-state index is 13.5. The van der Waals surface area contributed by atoms with Gasteiger partial charge in [-0.25, -0.2) is 8.42 Å². The largest absolute Gasteiger partial charge is 0.495 e. The maximum Gasteiger partial charge on any atom is 0.264 e. The average molecular weight is 462 g/mol. The molecule has 0 unspecified atom stereocenters. The van der Waals surface area contributed by atoms with Crippen molar-refractivity contribution in [1.29, 1.82) is 0 Å². The number of nitrogens with one attached hydrogen (secondary N) is 2. The van der Waals surface area contributed by atoms with Crippen molar-refractivity contribution >= 4 is 33.0 Å². The first-order valence-corrected chi connectivity index (χ1v) is 12.0. The Hall–Kier alpha value is -2.82. The van der Waals surface area contributed by atoms with E-state index in [0.717, 1.165) is 6.42 Å². The van der Waals surface area contributed by atoms with Gasteiger partial charge in [0.2, 0.25) is 0 Å². The van der Waals surface area contributed by atoms with Crippen LogP contribution in [-0.4, -0.2) is 60.4 Å². The van der Waals surface area contributed by atoms with Gasteiger partial charge in [-0.05, 0) is 43.2 Å². The summed E-state index contributed by atoms with van der Waals surface area (Å²) >= 11 is 0. The highest BCUT2D eigenvalue weighted by Gasteiger charge is 2.27. The molecule has 1 atom stereocenters. The summed E-state index contributed by atoms with van der Waals surface area (Å²) in [5.41, 5.74) is 1.27. The van der Waals surface area contributed by atoms with Crippen molar-refractivity contribution in [1.82, 2.24) is 0 Å². The first-order valence-electron chi connectivity index (χ1n) is 10.5. The number of para-hydroxylation sites is 2. The molecule has 2 saturated heterocycles. The Morgan fingerprint density at radius 1 is 1.12 bits per heavy atom. The van der Waals surface area contributed by atoms with E-state index in [1.165, 1.54) is 13.2 Å². The lowest BCUT2D eigenvalue weighted by atomic mass is 10.2. The highest BCUT2D eigenvalue weighted by Crippen LogP contribution is 2.33. The second kappa shape index (κ2) is 9.76. The lowest BCUT2D eigenvalue weighted by Gasteiger charge is -2.30. The van der Waals surface area contributed by atoms with Crippen molar-refractivity contribution < 1.29 is 27.4 Å². The molecular formula is C22H27N3O6S. The van der Waals surface area contributed by atoms with Gasteiger partial charge in [-0.2, -0.15) is 0 Å². The van der Waals surface area contributed by atoms with E-state index in [4.69, 9.17) is 14.2 Å². The number of hydrogen-bond acceptors (Lipinski definition) is 7. The van der Waals surface area contributed by atoms with E-state index in [1.807, 2.05) is 4.90 Å². The van der Waals surface area contributed by atoms with E-state index in [2.05, 4.69) is 10.0 Å². The van der Waals surface area contributed by atoms with Gasteiger partial charge in [0.25, 0.3) is 15.9 Å². The molecule has 2 N–H and O–H groups in total. The fourth-order valence-electron chi connectivity index (χ4n) is 3.81. The third kappa shape index (κ3) is 4.98. The zero-order valence-electron chi connectivity index (χ0n) is 17.9. The van der Waals surface area contributed by atoms with E-state index in [0.29, 0.717) is 62.1 Å². The van der Waals surface area contributed by atoms with Crippen LogP contribution in [0, 0.1) is 0 Å². The van der Waals surface area contributed by atoms with Gasteiger partial charge in [0.15, 0.2) is 0 Å². The Balaban J connectivity index is 1.68. The van der Waals surface area contributed by atoms with Crippen molar-refractivity contribution in [3.8, 4) is 5.75 Å². The summed E-state index contributed by atoms with van der Waals surface area (Å²) in [4.78, 5) is 14.5. The molecule has 2 aliphatic rings. The van der Waals surface area contributed by atoms with Crippen LogP contribution in [0.1, 0.15) is 12.8 Å². The highest BCUT2D eigenvalue weighted by molar-refractivity contribution is 7.93. The Labute approximate surface area is 187 Å². The van der Waals surface area contributed by atoms with Gasteiger partial charge >= 0.3 is 0 Å². The van der Waals surface area contributed by atoms with Crippen LogP contribution in [0.3, 0.4) is 0 Å². The Bertz CT molecular complexity index is 1060. The van der Waals surface area contributed by atoms with E-state index in [1.54, 1.807) is 36.4 Å². The average Bonchev–Trinajstić information content (AvgIpc) is 3.35. The van der Waals surface area contributed by atoms with Crippen molar-refractivity contribution in [2.75, 3.05) is 55.0 Å². The van der Waals surface area contributed by atoms with E-state index in [-0.39, 0.29) is 10.8 Å². The van der Waals surface area contributed by atoms with Crippen molar-refractivity contribution in [3.05, 3.63) is 42.5 Å². The fraction of sp³-hybridized carbons (Fsp3) is 0.409. The Morgan fingerprint density at radius 2 is 1.91 bits per heavy atom. The maximum atomic E-state index is 13.5. The molecule has 2 fully saturated rings. The molecule has 10 heteroatoms. The second-order valence-corrected chi connectivity index (χ2v) is 9.23. The van der Waals surface area contributed by atoms with Crippen molar-refractivity contribution in [2.24, 2.45) is 0 Å². The summed E-state index contributed by atoms with van der Waals surface area (Å²) in [5.74, 6) is 0.134. The third-order valence-corrected chi connectivity index (χ3v) is 6.84. The first kappa shape index (κ1) is 22.4. The predicted octanol–water partition coefficient (Wildman–Crippen LogP) is 2.45. The number of hydrogen-bond donors (Lipinski definition) is 2. The number of ether oxygens (including phenoxy) is 3. The van der Waals surface area contributed by atoms with Gasteiger partial charge in [-0.3, -0.25) is 9.52 Å². The molecule has 0 aliphatic carbocycles. The van der Waals surface area contributed by atoms with Gasteiger partial charge in [-0.15, -0.1) is 0 Å². The summed E-state index contributed by atoms with van der Waals surface area (Å²) in [6.45, 7) is 2.71. The van der Waals surface area contributed by atoms with Gasteiger partial charge < -0.3 is 24.4 Å². The quantitative estimate of drug-likeness (QED) is 0.652. The number of methoxy groups -OCH3 is 1. The van der Waals surface area contributed by atoms with Crippen LogP contribution in [-0.2, 0) is 24.3 Å². The zero-order valence-corrected chi connectivity index (χ0v) is 18.7. The van der Waals surface area contributed by atoms with Gasteiger partial charge in [0.05, 0.1) is 31.7 Å². The fourth-order valence-corrected chi connectivity index (χ4v) is 5.13. The summed E-state index contributed by atoms with van der Waals surface area (Å²) in [5, 5.41) is 2.79. The number of sulfonamides is 1. The molecule has 172 valence electrons. The molecule has 2 aromatic carbocycles. The minimum absolute atomic E-state index is 0.0652. The molecule has 9 nitrogen and oxygen atoms in total. The zero-order chi connectivity index (χ0) is 22.6. The van der Waals surface area contributed by atoms with Crippen LogP contribution in [0.5, 0.6) is 5.75 Å². The van der Waals surface area contributed by atoms with Gasteiger partial charge in [0, 0.05) is 25.4 Å². The normalized spacial score (nSPS) is 18.9. The molecule has 2 heterocycles. The van der Waals surface area contributed by atoms with Crippen LogP contribution < -0.4 is 19.7 Å².